The van der Waals surface area contributed by atoms with E-state index < -0.39 is 0 Å². The van der Waals surface area contributed by atoms with Crippen molar-refractivity contribution in [3.05, 3.63) is 59.4 Å². The number of hydrogen-bond donors (Lipinski definition) is 0. The Labute approximate surface area is 201 Å². The molecule has 1 amide bonds. The second-order valence-corrected chi connectivity index (χ2v) is 8.94. The number of carbonyl (C=O) groups excluding carboxylic acids is 1. The summed E-state index contributed by atoms with van der Waals surface area (Å²) in [6.07, 6.45) is 6.13. The first kappa shape index (κ1) is 22.1. The molecule has 0 N–H and O–H groups in total. The maximum absolute atomic E-state index is 13.2. The monoisotopic (exact) mass is 478 g/mol. The van der Waals surface area contributed by atoms with Crippen LogP contribution in [0.25, 0.3) is 11.0 Å². The van der Waals surface area contributed by atoms with Crippen molar-refractivity contribution < 1.29 is 14.3 Å². The van der Waals surface area contributed by atoms with Gasteiger partial charge in [-0.3, -0.25) is 4.79 Å². The minimum absolute atomic E-state index is 0.0000348. The molecule has 9 nitrogen and oxygen atoms in total. The molecule has 0 spiro atoms. The molecule has 1 aromatic carbocycles. The van der Waals surface area contributed by atoms with Gasteiger partial charge in [-0.25, -0.2) is 14.6 Å². The molecule has 0 bridgehead atoms. The lowest BCUT2D eigenvalue weighted by molar-refractivity contribution is 0.0767. The number of amides is 1. The molecule has 3 aromatic heterocycles. The van der Waals surface area contributed by atoms with E-state index in [1.54, 1.807) is 38.0 Å². The Morgan fingerprint density at radius 3 is 2.76 bits per heavy atom. The molecule has 1 aliphatic heterocycles. The second-order valence-electron chi connectivity index (χ2n) is 8.06. The zero-order valence-corrected chi connectivity index (χ0v) is 20.0. The highest BCUT2D eigenvalue weighted by Crippen LogP contribution is 2.26. The van der Waals surface area contributed by atoms with E-state index in [1.165, 1.54) is 0 Å². The van der Waals surface area contributed by atoms with Gasteiger partial charge in [-0.05, 0) is 24.6 Å². The van der Waals surface area contributed by atoms with Gasteiger partial charge < -0.3 is 19.3 Å². The lowest BCUT2D eigenvalue weighted by Gasteiger charge is -2.21. The molecule has 1 aliphatic rings. The van der Waals surface area contributed by atoms with E-state index in [1.807, 2.05) is 45.4 Å². The highest BCUT2D eigenvalue weighted by atomic mass is 32.1. The molecule has 10 heteroatoms. The molecule has 34 heavy (non-hydrogen) atoms. The van der Waals surface area contributed by atoms with E-state index >= 15 is 0 Å². The lowest BCUT2D eigenvalue weighted by atomic mass is 10.2. The zero-order chi connectivity index (χ0) is 23.5. The molecular formula is C24H26N6O3S. The van der Waals surface area contributed by atoms with Gasteiger partial charge in [0.25, 0.3) is 5.91 Å². The number of ether oxygens (including phenoxy) is 2. The standard InChI is InChI=1S/C24H26N6O3S/c1-32-20-5-4-17(21(13-20)33-2)16-30-22-18(15-27-30)12-19(14-26-22)23(31)28-7-3-8-29(10-9-28)24-25-6-11-34-24/h4-6,11-15H,3,7-10,16H2,1-2H3. The molecule has 1 saturated heterocycles. The summed E-state index contributed by atoms with van der Waals surface area (Å²) in [7, 11) is 3.26. The van der Waals surface area contributed by atoms with Gasteiger partial charge in [0.1, 0.15) is 11.5 Å². The normalized spacial score (nSPS) is 14.3. The number of nitrogens with zero attached hydrogens (tertiary/aromatic N) is 6. The second kappa shape index (κ2) is 9.68. The van der Waals surface area contributed by atoms with Crippen LogP contribution in [0, 0.1) is 0 Å². The van der Waals surface area contributed by atoms with Gasteiger partial charge in [-0.15, -0.1) is 11.3 Å². The minimum atomic E-state index is -0.0000348. The summed E-state index contributed by atoms with van der Waals surface area (Å²) in [6, 6.07) is 7.58. The number of fused-ring (bicyclic) bond motifs is 1. The van der Waals surface area contributed by atoms with Gasteiger partial charge >= 0.3 is 0 Å². The molecule has 5 rings (SSSR count). The summed E-state index contributed by atoms with van der Waals surface area (Å²) < 4.78 is 12.6. The highest BCUT2D eigenvalue weighted by molar-refractivity contribution is 7.13. The van der Waals surface area contributed by atoms with Gasteiger partial charge in [0, 0.05) is 61.0 Å². The van der Waals surface area contributed by atoms with Gasteiger partial charge in [0.05, 0.1) is 32.5 Å². The third-order valence-corrected chi connectivity index (χ3v) is 6.84. The van der Waals surface area contributed by atoms with E-state index in [9.17, 15) is 4.79 Å². The molecule has 1 fully saturated rings. The Kier molecular flexibility index (Phi) is 6.31. The molecule has 0 unspecified atom stereocenters. The Morgan fingerprint density at radius 2 is 1.97 bits per heavy atom. The Balaban J connectivity index is 1.32. The zero-order valence-electron chi connectivity index (χ0n) is 19.2. The van der Waals surface area contributed by atoms with Gasteiger partial charge in [0.15, 0.2) is 10.8 Å². The summed E-state index contributed by atoms with van der Waals surface area (Å²) >= 11 is 1.63. The number of thiazole rings is 1. The Morgan fingerprint density at radius 1 is 1.06 bits per heavy atom. The molecule has 0 atom stereocenters. The Bertz CT molecular complexity index is 1290. The van der Waals surface area contributed by atoms with Crippen LogP contribution in [0.5, 0.6) is 11.5 Å². The SMILES string of the molecule is COc1ccc(Cn2ncc3cc(C(=O)N4CCCN(c5nccs5)CC4)cnc32)c(OC)c1. The van der Waals surface area contributed by atoms with E-state index in [0.717, 1.165) is 59.3 Å². The van der Waals surface area contributed by atoms with Crippen molar-refractivity contribution in [3.63, 3.8) is 0 Å². The summed E-state index contributed by atoms with van der Waals surface area (Å²) in [5.74, 6) is 1.46. The Hall–Kier alpha value is -3.66. The van der Waals surface area contributed by atoms with Crippen molar-refractivity contribution in [2.24, 2.45) is 0 Å². The average molecular weight is 479 g/mol. The fourth-order valence-corrected chi connectivity index (χ4v) is 4.91. The fourth-order valence-electron chi connectivity index (χ4n) is 4.21. The van der Waals surface area contributed by atoms with Crippen LogP contribution in [-0.2, 0) is 6.54 Å². The van der Waals surface area contributed by atoms with E-state index in [4.69, 9.17) is 9.47 Å². The number of rotatable bonds is 6. The van der Waals surface area contributed by atoms with Crippen molar-refractivity contribution in [1.29, 1.82) is 0 Å². The van der Waals surface area contributed by atoms with E-state index in [-0.39, 0.29) is 5.91 Å². The maximum atomic E-state index is 13.2. The lowest BCUT2D eigenvalue weighted by Crippen LogP contribution is -2.35. The number of aromatic nitrogens is 4. The predicted molar refractivity (Wildman–Crippen MR) is 131 cm³/mol. The highest BCUT2D eigenvalue weighted by Gasteiger charge is 2.22. The molecule has 0 aliphatic carbocycles. The number of methoxy groups -OCH3 is 2. The summed E-state index contributed by atoms with van der Waals surface area (Å²) in [5, 5.41) is 8.33. The van der Waals surface area contributed by atoms with E-state index in [2.05, 4.69) is 20.0 Å². The summed E-state index contributed by atoms with van der Waals surface area (Å²) in [6.45, 7) is 3.55. The number of benzene rings is 1. The number of anilines is 1. The average Bonchev–Trinajstić information content (AvgIpc) is 3.48. The maximum Gasteiger partial charge on any atom is 0.255 e. The minimum Gasteiger partial charge on any atom is -0.497 e. The molecule has 176 valence electrons. The van der Waals surface area contributed by atoms with Gasteiger partial charge in [-0.1, -0.05) is 0 Å². The van der Waals surface area contributed by atoms with Crippen LogP contribution in [-0.4, -0.2) is 71.0 Å². The first-order valence-electron chi connectivity index (χ1n) is 11.1. The summed E-state index contributed by atoms with van der Waals surface area (Å²) in [4.78, 5) is 26.4. The van der Waals surface area contributed by atoms with Crippen LogP contribution < -0.4 is 14.4 Å². The number of carbonyl (C=O) groups is 1. The predicted octanol–water partition coefficient (Wildman–Crippen LogP) is 3.31. The van der Waals surface area contributed by atoms with Crippen molar-refractivity contribution in [3.8, 4) is 11.5 Å². The van der Waals surface area contributed by atoms with Crippen LogP contribution in [0.4, 0.5) is 5.13 Å². The van der Waals surface area contributed by atoms with Crippen LogP contribution in [0.2, 0.25) is 0 Å². The van der Waals surface area contributed by atoms with Crippen molar-refractivity contribution in [2.45, 2.75) is 13.0 Å². The first-order chi connectivity index (χ1) is 16.7. The van der Waals surface area contributed by atoms with Gasteiger partial charge in [-0.2, -0.15) is 5.10 Å². The molecular weight excluding hydrogens is 452 g/mol. The van der Waals surface area contributed by atoms with Crippen LogP contribution >= 0.6 is 11.3 Å². The van der Waals surface area contributed by atoms with Crippen LogP contribution in [0.1, 0.15) is 22.3 Å². The van der Waals surface area contributed by atoms with Crippen molar-refractivity contribution in [2.75, 3.05) is 45.3 Å². The molecule has 4 aromatic rings. The van der Waals surface area contributed by atoms with Crippen LogP contribution in [0.3, 0.4) is 0 Å². The first-order valence-corrected chi connectivity index (χ1v) is 12.0. The number of hydrogen-bond acceptors (Lipinski definition) is 8. The third kappa shape index (κ3) is 4.41. The topological polar surface area (TPSA) is 85.6 Å². The van der Waals surface area contributed by atoms with E-state index in [0.29, 0.717) is 18.7 Å². The third-order valence-electron chi connectivity index (χ3n) is 6.01. The van der Waals surface area contributed by atoms with Crippen LogP contribution in [0.15, 0.2) is 48.2 Å². The quantitative estimate of drug-likeness (QED) is 0.420. The van der Waals surface area contributed by atoms with Crippen molar-refractivity contribution in [1.82, 2.24) is 24.6 Å². The fraction of sp³-hybridized carbons (Fsp3) is 0.333. The summed E-state index contributed by atoms with van der Waals surface area (Å²) in [5.41, 5.74) is 2.27. The van der Waals surface area contributed by atoms with Crippen molar-refractivity contribution >= 4 is 33.4 Å². The van der Waals surface area contributed by atoms with Gasteiger partial charge in [0.2, 0.25) is 0 Å². The molecule has 0 saturated carbocycles. The molecule has 4 heterocycles. The number of pyridine rings is 1. The molecule has 0 radical (unpaired) electrons. The largest absolute Gasteiger partial charge is 0.497 e. The smallest absolute Gasteiger partial charge is 0.255 e.